The summed E-state index contributed by atoms with van der Waals surface area (Å²) in [6, 6.07) is 20.5. The van der Waals surface area contributed by atoms with Crippen LogP contribution in [0.25, 0.3) is 5.57 Å². The van der Waals surface area contributed by atoms with Gasteiger partial charge in [0.25, 0.3) is 0 Å². The van der Waals surface area contributed by atoms with E-state index in [2.05, 4.69) is 134 Å². The van der Waals surface area contributed by atoms with E-state index in [0.717, 1.165) is 32.1 Å². The fourth-order valence-electron chi connectivity index (χ4n) is 7.45. The van der Waals surface area contributed by atoms with Gasteiger partial charge in [-0.05, 0) is 76.7 Å². The molecule has 2 aromatic rings. The summed E-state index contributed by atoms with van der Waals surface area (Å²) in [6.07, 6.45) is 33.2. The van der Waals surface area contributed by atoms with Crippen molar-refractivity contribution in [2.45, 2.75) is 50.5 Å². The molecule has 0 aromatic heterocycles. The van der Waals surface area contributed by atoms with Crippen LogP contribution in [0.2, 0.25) is 0 Å². The summed E-state index contributed by atoms with van der Waals surface area (Å²) in [5.74, 6) is 0.823. The van der Waals surface area contributed by atoms with Gasteiger partial charge in [0.15, 0.2) is 0 Å². The van der Waals surface area contributed by atoms with Gasteiger partial charge in [-0.2, -0.15) is 0 Å². The van der Waals surface area contributed by atoms with Gasteiger partial charge in [0, 0.05) is 18.1 Å². The SMILES string of the molecule is CC1CC=CC=C1C(/N=C1/C=CC=CC1)C1C=C2C(=CC1)C(C1=CCCC=C1)(c1ccccc1)c1ccccc12. The van der Waals surface area contributed by atoms with Crippen LogP contribution in [0.5, 0.6) is 0 Å². The smallest absolute Gasteiger partial charge is 0.0784 e. The summed E-state index contributed by atoms with van der Waals surface area (Å²) in [7, 11) is 0. The lowest BCUT2D eigenvalue weighted by Crippen LogP contribution is -2.31. The average molecular weight is 520 g/mol. The number of aliphatic imine (C=N–C) groups is 1. The van der Waals surface area contributed by atoms with Crippen molar-refractivity contribution in [3.05, 3.63) is 161 Å². The number of fused-ring (bicyclic) bond motifs is 3. The molecule has 2 aromatic carbocycles. The number of nitrogens with zero attached hydrogens (tertiary/aromatic N) is 1. The topological polar surface area (TPSA) is 12.4 Å². The quantitative estimate of drug-likeness (QED) is 0.373. The average Bonchev–Trinajstić information content (AvgIpc) is 3.32. The Kier molecular flexibility index (Phi) is 6.60. The Morgan fingerprint density at radius 1 is 0.825 bits per heavy atom. The molecule has 0 fully saturated rings. The number of rotatable bonds is 5. The molecule has 5 aliphatic carbocycles. The summed E-state index contributed by atoms with van der Waals surface area (Å²) in [4.78, 5) is 5.47. The van der Waals surface area contributed by atoms with Crippen molar-refractivity contribution in [3.8, 4) is 0 Å². The van der Waals surface area contributed by atoms with E-state index in [1.54, 1.807) is 0 Å². The molecular weight excluding hydrogens is 482 g/mol. The molecule has 0 bridgehead atoms. The zero-order valence-corrected chi connectivity index (χ0v) is 23.3. The van der Waals surface area contributed by atoms with E-state index in [1.165, 1.54) is 44.7 Å². The first-order chi connectivity index (χ1) is 19.8. The van der Waals surface area contributed by atoms with E-state index in [9.17, 15) is 0 Å². The summed E-state index contributed by atoms with van der Waals surface area (Å²) in [5, 5.41) is 0. The zero-order chi connectivity index (χ0) is 26.9. The minimum absolute atomic E-state index is 0.143. The molecular formula is C39H37N. The van der Waals surface area contributed by atoms with Crippen LogP contribution in [-0.4, -0.2) is 11.8 Å². The van der Waals surface area contributed by atoms with Gasteiger partial charge in [-0.3, -0.25) is 4.99 Å². The van der Waals surface area contributed by atoms with Crippen LogP contribution < -0.4 is 0 Å². The van der Waals surface area contributed by atoms with E-state index in [0.29, 0.717) is 11.8 Å². The highest BCUT2D eigenvalue weighted by molar-refractivity contribution is 5.98. The maximum atomic E-state index is 5.47. The second-order valence-corrected chi connectivity index (χ2v) is 11.7. The van der Waals surface area contributed by atoms with Crippen molar-refractivity contribution in [3.63, 3.8) is 0 Å². The molecule has 0 saturated carbocycles. The first kappa shape index (κ1) is 25.0. The third-order valence-electron chi connectivity index (χ3n) is 9.32. The standard InChI is InChI=1S/C39H37N/c1-28-15-11-12-22-33(28)38(40-32-20-9-4-10-21-32)29-25-26-37-35(27-29)34-23-13-14-24-36(34)39(37,30-16-5-2-6-17-30)31-18-7-3-8-19-31/h2,4-7,9-14,16-20,22-24,26-29,38H,3,8,15,21,25H2,1H3/b40-32-. The van der Waals surface area contributed by atoms with Crippen LogP contribution in [-0.2, 0) is 5.41 Å². The molecule has 1 heteroatoms. The minimum Gasteiger partial charge on any atom is -0.281 e. The first-order valence-electron chi connectivity index (χ1n) is 15.0. The van der Waals surface area contributed by atoms with Crippen LogP contribution in [0.15, 0.2) is 149 Å². The summed E-state index contributed by atoms with van der Waals surface area (Å²) in [5.41, 5.74) is 10.8. The number of allylic oxidation sites excluding steroid dienone is 14. The first-order valence-corrected chi connectivity index (χ1v) is 15.0. The number of benzene rings is 2. The fourth-order valence-corrected chi connectivity index (χ4v) is 7.45. The zero-order valence-electron chi connectivity index (χ0n) is 23.3. The molecule has 198 valence electrons. The second-order valence-electron chi connectivity index (χ2n) is 11.7. The highest BCUT2D eigenvalue weighted by atomic mass is 14.8. The van der Waals surface area contributed by atoms with E-state index < -0.39 is 0 Å². The summed E-state index contributed by atoms with van der Waals surface area (Å²) >= 11 is 0. The number of hydrogen-bond donors (Lipinski definition) is 0. The monoisotopic (exact) mass is 519 g/mol. The molecule has 0 spiro atoms. The second kappa shape index (κ2) is 10.5. The molecule has 5 aliphatic rings. The molecule has 0 saturated heterocycles. The molecule has 0 radical (unpaired) electrons. The molecule has 7 rings (SSSR count). The predicted octanol–water partition coefficient (Wildman–Crippen LogP) is 9.44. The van der Waals surface area contributed by atoms with Crippen molar-refractivity contribution in [2.24, 2.45) is 16.8 Å². The maximum Gasteiger partial charge on any atom is 0.0784 e. The van der Waals surface area contributed by atoms with Gasteiger partial charge in [-0.1, -0.05) is 128 Å². The van der Waals surface area contributed by atoms with Gasteiger partial charge in [-0.25, -0.2) is 0 Å². The highest BCUT2D eigenvalue weighted by Gasteiger charge is 2.50. The molecule has 40 heavy (non-hydrogen) atoms. The van der Waals surface area contributed by atoms with Gasteiger partial charge >= 0.3 is 0 Å². The molecule has 1 nitrogen and oxygen atoms in total. The minimum atomic E-state index is -0.274. The molecule has 4 atom stereocenters. The Morgan fingerprint density at radius 2 is 1.70 bits per heavy atom. The van der Waals surface area contributed by atoms with Crippen LogP contribution in [0, 0.1) is 11.8 Å². The molecule has 4 unspecified atom stereocenters. The molecule has 0 amide bonds. The predicted molar refractivity (Wildman–Crippen MR) is 169 cm³/mol. The largest absolute Gasteiger partial charge is 0.281 e. The van der Waals surface area contributed by atoms with E-state index in [4.69, 9.17) is 4.99 Å². The van der Waals surface area contributed by atoms with Crippen molar-refractivity contribution in [1.82, 2.24) is 0 Å². The third-order valence-corrected chi connectivity index (χ3v) is 9.32. The van der Waals surface area contributed by atoms with Gasteiger partial charge in [0.1, 0.15) is 0 Å². The van der Waals surface area contributed by atoms with Crippen LogP contribution >= 0.6 is 0 Å². The van der Waals surface area contributed by atoms with Gasteiger partial charge in [0.05, 0.1) is 11.5 Å². The van der Waals surface area contributed by atoms with Crippen LogP contribution in [0.4, 0.5) is 0 Å². The van der Waals surface area contributed by atoms with Crippen molar-refractivity contribution < 1.29 is 0 Å². The molecule has 0 heterocycles. The van der Waals surface area contributed by atoms with Gasteiger partial charge in [-0.15, -0.1) is 0 Å². The Balaban J connectivity index is 1.40. The maximum absolute atomic E-state index is 5.47. The Labute approximate surface area is 239 Å². The summed E-state index contributed by atoms with van der Waals surface area (Å²) in [6.45, 7) is 2.36. The normalized spacial score (nSPS) is 28.4. The molecule has 0 N–H and O–H groups in total. The highest BCUT2D eigenvalue weighted by Crippen LogP contribution is 2.59. The lowest BCUT2D eigenvalue weighted by atomic mass is 9.64. The van der Waals surface area contributed by atoms with Gasteiger partial charge in [0.2, 0.25) is 0 Å². The lowest BCUT2D eigenvalue weighted by molar-refractivity contribution is 0.500. The van der Waals surface area contributed by atoms with E-state index in [1.807, 2.05) is 0 Å². The van der Waals surface area contributed by atoms with Gasteiger partial charge < -0.3 is 0 Å². The van der Waals surface area contributed by atoms with Crippen molar-refractivity contribution in [2.75, 3.05) is 0 Å². The lowest BCUT2D eigenvalue weighted by Gasteiger charge is -2.38. The molecule has 0 aliphatic heterocycles. The van der Waals surface area contributed by atoms with E-state index in [-0.39, 0.29) is 11.5 Å². The third kappa shape index (κ3) is 4.11. The van der Waals surface area contributed by atoms with Crippen molar-refractivity contribution in [1.29, 1.82) is 0 Å². The Morgan fingerprint density at radius 3 is 2.50 bits per heavy atom. The Hall–Kier alpha value is -3.97. The van der Waals surface area contributed by atoms with Crippen LogP contribution in [0.3, 0.4) is 0 Å². The number of hydrogen-bond acceptors (Lipinski definition) is 1. The van der Waals surface area contributed by atoms with Crippen molar-refractivity contribution >= 4 is 11.3 Å². The Bertz CT molecular complexity index is 1580. The fraction of sp³-hybridized carbons (Fsp3) is 0.256. The van der Waals surface area contributed by atoms with E-state index >= 15 is 0 Å². The van der Waals surface area contributed by atoms with Crippen LogP contribution in [0.1, 0.15) is 55.7 Å². The summed E-state index contributed by atoms with van der Waals surface area (Å²) < 4.78 is 0.